The van der Waals surface area contributed by atoms with Gasteiger partial charge in [-0.3, -0.25) is 4.79 Å². The van der Waals surface area contributed by atoms with Gasteiger partial charge in [0.1, 0.15) is 0 Å². The largest absolute Gasteiger partial charge is 0.337 e. The number of aryl methyl sites for hydroxylation is 1. The molecule has 3 rings (SSSR count). The van der Waals surface area contributed by atoms with Gasteiger partial charge in [0, 0.05) is 18.1 Å². The molecule has 1 aromatic carbocycles. The van der Waals surface area contributed by atoms with E-state index in [0.29, 0.717) is 28.9 Å². The second-order valence-corrected chi connectivity index (χ2v) is 6.31. The fraction of sp³-hybridized carbons (Fsp3) is 0.438. The van der Waals surface area contributed by atoms with Crippen molar-refractivity contribution in [1.29, 1.82) is 0 Å². The van der Waals surface area contributed by atoms with E-state index in [1.807, 2.05) is 17.0 Å². The minimum absolute atomic E-state index is 0.0637. The highest BCUT2D eigenvalue weighted by atomic mass is 35.5. The number of benzene rings is 1. The van der Waals surface area contributed by atoms with Crippen molar-refractivity contribution in [2.45, 2.75) is 19.8 Å². The summed E-state index contributed by atoms with van der Waals surface area (Å²) >= 11 is 6.00. The van der Waals surface area contributed by atoms with Crippen LogP contribution in [-0.4, -0.2) is 45.4 Å². The average Bonchev–Trinajstić information content (AvgIpc) is 2.96. The van der Waals surface area contributed by atoms with Crippen LogP contribution in [-0.2, 0) is 0 Å². The van der Waals surface area contributed by atoms with E-state index >= 15 is 0 Å². The molecule has 6 nitrogen and oxygen atoms in total. The topological polar surface area (TPSA) is 77.0 Å². The van der Waals surface area contributed by atoms with E-state index in [1.54, 1.807) is 19.1 Å². The molecule has 0 aliphatic carbocycles. The Hall–Kier alpha value is -1.92. The number of aromatic nitrogens is 3. The fourth-order valence-electron chi connectivity index (χ4n) is 2.81. The number of amides is 1. The average molecular weight is 334 g/mol. The number of carbonyl (C=O) groups is 1. The van der Waals surface area contributed by atoms with Crippen LogP contribution in [0.15, 0.2) is 24.3 Å². The molecular formula is C16H20ClN5O. The fourth-order valence-corrected chi connectivity index (χ4v) is 3.00. The van der Waals surface area contributed by atoms with E-state index in [9.17, 15) is 4.79 Å². The summed E-state index contributed by atoms with van der Waals surface area (Å²) in [5.41, 5.74) is 7.46. The molecule has 0 atom stereocenters. The molecule has 1 aliphatic heterocycles. The predicted octanol–water partition coefficient (Wildman–Crippen LogP) is 2.04. The zero-order chi connectivity index (χ0) is 16.4. The van der Waals surface area contributed by atoms with Gasteiger partial charge in [-0.2, -0.15) is 9.90 Å². The Bertz CT molecular complexity index is 706. The van der Waals surface area contributed by atoms with Gasteiger partial charge in [-0.05, 0) is 50.4 Å². The van der Waals surface area contributed by atoms with Crippen LogP contribution in [0.1, 0.15) is 29.0 Å². The number of halogens is 1. The van der Waals surface area contributed by atoms with Crippen molar-refractivity contribution in [2.24, 2.45) is 11.7 Å². The third-order valence-corrected chi connectivity index (χ3v) is 4.49. The molecule has 2 heterocycles. The number of piperidine rings is 1. The highest BCUT2D eigenvalue weighted by molar-refractivity contribution is 6.30. The molecule has 0 radical (unpaired) electrons. The van der Waals surface area contributed by atoms with Gasteiger partial charge in [0.05, 0.1) is 11.4 Å². The lowest BCUT2D eigenvalue weighted by atomic mass is 9.97. The molecule has 1 amide bonds. The standard InChI is InChI=1S/C16H20ClN5O/c1-11-15(16(23)21-7-5-12(10-18)6-8-21)20-22(19-11)14-4-2-3-13(17)9-14/h2-4,9,12H,5-8,10,18H2,1H3. The Morgan fingerprint density at radius 1 is 1.35 bits per heavy atom. The lowest BCUT2D eigenvalue weighted by Crippen LogP contribution is -2.40. The Kier molecular flexibility index (Phi) is 4.63. The third-order valence-electron chi connectivity index (χ3n) is 4.26. The monoisotopic (exact) mass is 333 g/mol. The van der Waals surface area contributed by atoms with E-state index in [2.05, 4.69) is 10.2 Å². The van der Waals surface area contributed by atoms with Crippen LogP contribution >= 0.6 is 11.6 Å². The quantitative estimate of drug-likeness (QED) is 0.932. The summed E-state index contributed by atoms with van der Waals surface area (Å²) < 4.78 is 0. The van der Waals surface area contributed by atoms with E-state index in [1.165, 1.54) is 4.80 Å². The van der Waals surface area contributed by atoms with Gasteiger partial charge < -0.3 is 10.6 Å². The summed E-state index contributed by atoms with van der Waals surface area (Å²) in [5, 5.41) is 9.32. The number of likely N-dealkylation sites (tertiary alicyclic amines) is 1. The molecule has 7 heteroatoms. The maximum Gasteiger partial charge on any atom is 0.276 e. The molecule has 0 bridgehead atoms. The van der Waals surface area contributed by atoms with Gasteiger partial charge in [0.15, 0.2) is 5.69 Å². The molecule has 0 unspecified atom stereocenters. The van der Waals surface area contributed by atoms with Crippen LogP contribution in [0.25, 0.3) is 5.69 Å². The van der Waals surface area contributed by atoms with Crippen LogP contribution in [0.4, 0.5) is 0 Å². The van der Waals surface area contributed by atoms with Crippen molar-refractivity contribution in [3.63, 3.8) is 0 Å². The molecular weight excluding hydrogens is 314 g/mol. The van der Waals surface area contributed by atoms with Crippen LogP contribution in [0.2, 0.25) is 5.02 Å². The van der Waals surface area contributed by atoms with Gasteiger partial charge in [-0.25, -0.2) is 0 Å². The first-order chi connectivity index (χ1) is 11.1. The van der Waals surface area contributed by atoms with Gasteiger partial charge in [-0.15, -0.1) is 5.10 Å². The number of nitrogens with zero attached hydrogens (tertiary/aromatic N) is 4. The van der Waals surface area contributed by atoms with Crippen LogP contribution in [0.5, 0.6) is 0 Å². The second-order valence-electron chi connectivity index (χ2n) is 5.87. The molecule has 1 saturated heterocycles. The van der Waals surface area contributed by atoms with Gasteiger partial charge >= 0.3 is 0 Å². The van der Waals surface area contributed by atoms with E-state index in [-0.39, 0.29) is 5.91 Å². The summed E-state index contributed by atoms with van der Waals surface area (Å²) in [7, 11) is 0. The Morgan fingerprint density at radius 2 is 2.09 bits per heavy atom. The maximum absolute atomic E-state index is 12.7. The first-order valence-corrected chi connectivity index (χ1v) is 8.15. The van der Waals surface area contributed by atoms with Crippen molar-refractivity contribution < 1.29 is 4.79 Å². The lowest BCUT2D eigenvalue weighted by molar-refractivity contribution is 0.0686. The zero-order valence-electron chi connectivity index (χ0n) is 13.1. The van der Waals surface area contributed by atoms with Crippen molar-refractivity contribution in [3.05, 3.63) is 40.7 Å². The first kappa shape index (κ1) is 16.0. The third kappa shape index (κ3) is 3.38. The Morgan fingerprint density at radius 3 is 2.74 bits per heavy atom. The molecule has 23 heavy (non-hydrogen) atoms. The molecule has 122 valence electrons. The van der Waals surface area contributed by atoms with E-state index in [4.69, 9.17) is 17.3 Å². The number of nitrogens with two attached hydrogens (primary N) is 1. The molecule has 2 aromatic rings. The maximum atomic E-state index is 12.7. The molecule has 1 fully saturated rings. The number of carbonyl (C=O) groups excluding carboxylic acids is 1. The smallest absolute Gasteiger partial charge is 0.276 e. The van der Waals surface area contributed by atoms with Crippen LogP contribution < -0.4 is 5.73 Å². The van der Waals surface area contributed by atoms with Crippen molar-refractivity contribution in [2.75, 3.05) is 19.6 Å². The van der Waals surface area contributed by atoms with Gasteiger partial charge in [0.25, 0.3) is 5.91 Å². The van der Waals surface area contributed by atoms with E-state index < -0.39 is 0 Å². The first-order valence-electron chi connectivity index (χ1n) is 7.77. The minimum atomic E-state index is -0.0637. The molecule has 0 saturated carbocycles. The van der Waals surface area contributed by atoms with E-state index in [0.717, 1.165) is 31.6 Å². The van der Waals surface area contributed by atoms with Gasteiger partial charge in [-0.1, -0.05) is 17.7 Å². The highest BCUT2D eigenvalue weighted by Gasteiger charge is 2.26. The summed E-state index contributed by atoms with van der Waals surface area (Å²) in [6.07, 6.45) is 1.90. The number of hydrogen-bond donors (Lipinski definition) is 1. The van der Waals surface area contributed by atoms with Crippen molar-refractivity contribution >= 4 is 17.5 Å². The predicted molar refractivity (Wildman–Crippen MR) is 88.8 cm³/mol. The molecule has 0 spiro atoms. The highest BCUT2D eigenvalue weighted by Crippen LogP contribution is 2.19. The normalized spacial score (nSPS) is 15.9. The minimum Gasteiger partial charge on any atom is -0.337 e. The molecule has 1 aromatic heterocycles. The SMILES string of the molecule is Cc1nn(-c2cccc(Cl)c2)nc1C(=O)N1CCC(CN)CC1. The van der Waals surface area contributed by atoms with Crippen LogP contribution in [0.3, 0.4) is 0 Å². The number of hydrogen-bond acceptors (Lipinski definition) is 4. The van der Waals surface area contributed by atoms with Crippen LogP contribution in [0, 0.1) is 12.8 Å². The summed E-state index contributed by atoms with van der Waals surface area (Å²) in [6, 6.07) is 7.23. The Balaban J connectivity index is 1.80. The number of rotatable bonds is 3. The summed E-state index contributed by atoms with van der Waals surface area (Å²) in [6.45, 7) is 3.94. The Labute approximate surface area is 140 Å². The second kappa shape index (κ2) is 6.68. The molecule has 2 N–H and O–H groups in total. The van der Waals surface area contributed by atoms with Crippen molar-refractivity contribution in [3.8, 4) is 5.69 Å². The summed E-state index contributed by atoms with van der Waals surface area (Å²) in [5.74, 6) is 0.452. The van der Waals surface area contributed by atoms with Gasteiger partial charge in [0.2, 0.25) is 0 Å². The molecule has 1 aliphatic rings. The summed E-state index contributed by atoms with van der Waals surface area (Å²) in [4.78, 5) is 16.0. The lowest BCUT2D eigenvalue weighted by Gasteiger charge is -2.30. The van der Waals surface area contributed by atoms with Crippen molar-refractivity contribution in [1.82, 2.24) is 19.9 Å². The zero-order valence-corrected chi connectivity index (χ0v) is 13.8.